The topological polar surface area (TPSA) is 24.9 Å². The molecule has 1 aromatic rings. The summed E-state index contributed by atoms with van der Waals surface area (Å²) in [7, 11) is 0. The van der Waals surface area contributed by atoms with Gasteiger partial charge in [0.15, 0.2) is 0 Å². The molecule has 2 fully saturated rings. The van der Waals surface area contributed by atoms with Gasteiger partial charge in [0.05, 0.1) is 5.69 Å². The lowest BCUT2D eigenvalue weighted by Gasteiger charge is -2.39. The summed E-state index contributed by atoms with van der Waals surface area (Å²) >= 11 is 0. The number of pyridine rings is 1. The van der Waals surface area contributed by atoms with Crippen molar-refractivity contribution < 1.29 is 0 Å². The Morgan fingerprint density at radius 1 is 0.950 bits per heavy atom. The first kappa shape index (κ1) is 14.1. The van der Waals surface area contributed by atoms with Crippen LogP contribution in [0.3, 0.4) is 0 Å². The Bertz CT molecular complexity index is 384. The van der Waals surface area contributed by atoms with Crippen molar-refractivity contribution in [2.24, 2.45) is 11.8 Å². The fourth-order valence-electron chi connectivity index (χ4n) is 4.28. The number of nitrogens with one attached hydrogen (secondary N) is 1. The second-order valence-corrected chi connectivity index (χ2v) is 6.65. The lowest BCUT2D eigenvalue weighted by Crippen LogP contribution is -2.42. The molecule has 0 spiro atoms. The molecule has 0 amide bonds. The van der Waals surface area contributed by atoms with Crippen LogP contribution in [0.5, 0.6) is 0 Å². The molecule has 20 heavy (non-hydrogen) atoms. The third kappa shape index (κ3) is 3.60. The van der Waals surface area contributed by atoms with E-state index in [1.807, 2.05) is 12.3 Å². The van der Waals surface area contributed by atoms with E-state index < -0.39 is 0 Å². The zero-order valence-electron chi connectivity index (χ0n) is 12.6. The van der Waals surface area contributed by atoms with Gasteiger partial charge < -0.3 is 5.32 Å². The monoisotopic (exact) mass is 272 g/mol. The quantitative estimate of drug-likeness (QED) is 0.883. The zero-order chi connectivity index (χ0) is 13.6. The third-order valence-electron chi connectivity index (χ3n) is 5.35. The predicted octanol–water partition coefficient (Wildman–Crippen LogP) is 4.31. The summed E-state index contributed by atoms with van der Waals surface area (Å²) in [5, 5.41) is 3.82. The molecule has 2 unspecified atom stereocenters. The molecule has 0 radical (unpaired) electrons. The Balaban J connectivity index is 1.57. The van der Waals surface area contributed by atoms with Gasteiger partial charge in [0.2, 0.25) is 0 Å². The van der Waals surface area contributed by atoms with E-state index in [1.165, 1.54) is 63.5 Å². The van der Waals surface area contributed by atoms with Gasteiger partial charge in [-0.3, -0.25) is 4.98 Å². The fraction of sp³-hybridized carbons (Fsp3) is 0.722. The van der Waals surface area contributed by atoms with Crippen LogP contribution < -0.4 is 5.32 Å². The van der Waals surface area contributed by atoms with Crippen molar-refractivity contribution in [3.63, 3.8) is 0 Å². The first-order valence-electron chi connectivity index (χ1n) is 8.57. The van der Waals surface area contributed by atoms with E-state index in [9.17, 15) is 0 Å². The van der Waals surface area contributed by atoms with Crippen molar-refractivity contribution in [1.29, 1.82) is 0 Å². The summed E-state index contributed by atoms with van der Waals surface area (Å²) in [6.07, 6.45) is 14.9. The Kier molecular flexibility index (Phi) is 5.07. The molecule has 1 heterocycles. The average Bonchev–Trinajstić information content (AvgIpc) is 2.55. The van der Waals surface area contributed by atoms with E-state index in [-0.39, 0.29) is 0 Å². The van der Waals surface area contributed by atoms with Crippen molar-refractivity contribution in [2.75, 3.05) is 0 Å². The van der Waals surface area contributed by atoms with E-state index in [2.05, 4.69) is 22.4 Å². The third-order valence-corrected chi connectivity index (χ3v) is 5.35. The minimum Gasteiger partial charge on any atom is -0.308 e. The van der Waals surface area contributed by atoms with Crippen molar-refractivity contribution in [2.45, 2.75) is 70.4 Å². The normalized spacial score (nSPS) is 28.4. The highest BCUT2D eigenvalue weighted by atomic mass is 14.9. The Morgan fingerprint density at radius 3 is 2.55 bits per heavy atom. The van der Waals surface area contributed by atoms with Gasteiger partial charge in [-0.1, -0.05) is 51.0 Å². The van der Waals surface area contributed by atoms with Crippen LogP contribution in [-0.4, -0.2) is 11.0 Å². The maximum Gasteiger partial charge on any atom is 0.0541 e. The van der Waals surface area contributed by atoms with Gasteiger partial charge in [-0.15, -0.1) is 0 Å². The molecule has 0 aromatic carbocycles. The summed E-state index contributed by atoms with van der Waals surface area (Å²) in [4.78, 5) is 4.44. The van der Waals surface area contributed by atoms with E-state index in [0.29, 0.717) is 0 Å². The van der Waals surface area contributed by atoms with Gasteiger partial charge >= 0.3 is 0 Å². The molecule has 2 aliphatic rings. The maximum atomic E-state index is 4.44. The summed E-state index contributed by atoms with van der Waals surface area (Å²) in [6, 6.07) is 6.94. The van der Waals surface area contributed by atoms with Gasteiger partial charge in [-0.05, 0) is 36.8 Å². The smallest absolute Gasteiger partial charge is 0.0541 e. The lowest BCUT2D eigenvalue weighted by atomic mass is 9.71. The zero-order valence-corrected chi connectivity index (χ0v) is 12.6. The summed E-state index contributed by atoms with van der Waals surface area (Å²) in [5.74, 6) is 1.91. The lowest BCUT2D eigenvalue weighted by molar-refractivity contribution is 0.149. The first-order valence-corrected chi connectivity index (χ1v) is 8.57. The number of nitrogens with zero attached hydrogens (tertiary/aromatic N) is 1. The van der Waals surface area contributed by atoms with Crippen LogP contribution in [0.2, 0.25) is 0 Å². The fourth-order valence-corrected chi connectivity index (χ4v) is 4.28. The second kappa shape index (κ2) is 7.21. The van der Waals surface area contributed by atoms with Crippen LogP contribution in [0.25, 0.3) is 0 Å². The molecule has 0 bridgehead atoms. The summed E-state index contributed by atoms with van der Waals surface area (Å²) in [6.45, 7) is 0.939. The average molecular weight is 272 g/mol. The van der Waals surface area contributed by atoms with Crippen LogP contribution in [0.15, 0.2) is 24.4 Å². The molecule has 2 heteroatoms. The van der Waals surface area contributed by atoms with Crippen molar-refractivity contribution in [3.8, 4) is 0 Å². The van der Waals surface area contributed by atoms with Gasteiger partial charge in [0.1, 0.15) is 0 Å². The van der Waals surface area contributed by atoms with Gasteiger partial charge in [-0.25, -0.2) is 0 Å². The number of hydrogen-bond donors (Lipinski definition) is 1. The minimum absolute atomic E-state index is 0.730. The van der Waals surface area contributed by atoms with Gasteiger partial charge in [0, 0.05) is 18.8 Å². The molecule has 3 rings (SSSR count). The number of rotatable bonds is 4. The van der Waals surface area contributed by atoms with Crippen LogP contribution in [0, 0.1) is 11.8 Å². The molecular weight excluding hydrogens is 244 g/mol. The van der Waals surface area contributed by atoms with Crippen LogP contribution in [0.4, 0.5) is 0 Å². The van der Waals surface area contributed by atoms with Crippen molar-refractivity contribution in [1.82, 2.24) is 10.3 Å². The minimum atomic E-state index is 0.730. The molecule has 2 aliphatic carbocycles. The molecule has 2 saturated carbocycles. The van der Waals surface area contributed by atoms with Crippen LogP contribution >= 0.6 is 0 Å². The van der Waals surface area contributed by atoms with E-state index >= 15 is 0 Å². The number of aromatic nitrogens is 1. The van der Waals surface area contributed by atoms with Crippen LogP contribution in [0.1, 0.15) is 63.5 Å². The molecule has 0 aliphatic heterocycles. The maximum absolute atomic E-state index is 4.44. The highest BCUT2D eigenvalue weighted by Crippen LogP contribution is 2.38. The molecule has 1 N–H and O–H groups in total. The molecule has 0 saturated heterocycles. The second-order valence-electron chi connectivity index (χ2n) is 6.65. The standard InChI is InChI=1S/C18H28N2/c1-2-8-15(9-3-1)17-11-4-5-12-18(17)20-14-16-10-6-7-13-19-16/h6-7,10,13,15,17-18,20H,1-5,8-9,11-12,14H2. The first-order chi connectivity index (χ1) is 9.93. The molecule has 2 atom stereocenters. The Morgan fingerprint density at radius 2 is 1.75 bits per heavy atom. The van der Waals surface area contributed by atoms with E-state index in [1.54, 1.807) is 0 Å². The SMILES string of the molecule is c1ccc(CNC2CCCCC2C2CCCCC2)nc1. The van der Waals surface area contributed by atoms with Crippen LogP contribution in [-0.2, 0) is 6.54 Å². The molecule has 110 valence electrons. The Hall–Kier alpha value is -0.890. The largest absolute Gasteiger partial charge is 0.308 e. The highest BCUT2D eigenvalue weighted by molar-refractivity contribution is 5.03. The van der Waals surface area contributed by atoms with Crippen molar-refractivity contribution in [3.05, 3.63) is 30.1 Å². The highest BCUT2D eigenvalue weighted by Gasteiger charge is 2.32. The van der Waals surface area contributed by atoms with E-state index in [4.69, 9.17) is 0 Å². The number of hydrogen-bond acceptors (Lipinski definition) is 2. The molecular formula is C18H28N2. The summed E-state index contributed by atoms with van der Waals surface area (Å²) in [5.41, 5.74) is 1.18. The van der Waals surface area contributed by atoms with E-state index in [0.717, 1.165) is 24.4 Å². The predicted molar refractivity (Wildman–Crippen MR) is 83.4 cm³/mol. The molecule has 2 nitrogen and oxygen atoms in total. The van der Waals surface area contributed by atoms with Gasteiger partial charge in [-0.2, -0.15) is 0 Å². The van der Waals surface area contributed by atoms with Gasteiger partial charge in [0.25, 0.3) is 0 Å². The van der Waals surface area contributed by atoms with Crippen molar-refractivity contribution >= 4 is 0 Å². The molecule has 1 aromatic heterocycles. The summed E-state index contributed by atoms with van der Waals surface area (Å²) < 4.78 is 0. The Labute approximate surface area is 123 Å².